The van der Waals surface area contributed by atoms with Crippen LogP contribution in [0.4, 0.5) is 0 Å². The third-order valence-electron chi connectivity index (χ3n) is 7.04. The van der Waals surface area contributed by atoms with Crippen LogP contribution in [0.25, 0.3) is 27.6 Å². The Morgan fingerprint density at radius 3 is 2.19 bits per heavy atom. The maximum absolute atomic E-state index is 14.3. The van der Waals surface area contributed by atoms with Gasteiger partial charge in [-0.05, 0) is 65.0 Å². The molecule has 2 heterocycles. The Hall–Kier alpha value is -5.64. The van der Waals surface area contributed by atoms with Crippen molar-refractivity contribution in [3.8, 4) is 34.1 Å². The fourth-order valence-corrected chi connectivity index (χ4v) is 5.10. The number of fused-ring (bicyclic) bond motifs is 1. The maximum atomic E-state index is 14.3. The molecule has 0 bridgehead atoms. The minimum Gasteiger partial charge on any atom is -0.493 e. The van der Waals surface area contributed by atoms with Gasteiger partial charge in [0.05, 0.1) is 39.7 Å². The highest BCUT2D eigenvalue weighted by Crippen LogP contribution is 2.43. The number of aromatic carboxylic acids is 1. The number of carbonyl (C=O) groups is 2. The lowest BCUT2D eigenvalue weighted by Gasteiger charge is -2.21. The molecule has 10 nitrogen and oxygen atoms in total. The van der Waals surface area contributed by atoms with Gasteiger partial charge in [0, 0.05) is 29.3 Å². The first-order chi connectivity index (χ1) is 20.8. The van der Waals surface area contributed by atoms with Crippen molar-refractivity contribution in [2.45, 2.75) is 6.42 Å². The number of carboxylic acid groups (broad SMARTS) is 1. The minimum atomic E-state index is -1.18. The summed E-state index contributed by atoms with van der Waals surface area (Å²) in [7, 11) is 5.64. The van der Waals surface area contributed by atoms with Crippen LogP contribution in [0.2, 0.25) is 0 Å². The van der Waals surface area contributed by atoms with Gasteiger partial charge in [-0.2, -0.15) is 0 Å². The van der Waals surface area contributed by atoms with Crippen molar-refractivity contribution in [3.63, 3.8) is 0 Å². The largest absolute Gasteiger partial charge is 0.493 e. The lowest BCUT2D eigenvalue weighted by Crippen LogP contribution is -2.27. The van der Waals surface area contributed by atoms with Gasteiger partial charge in [-0.15, -0.1) is 0 Å². The second-order valence-corrected chi connectivity index (χ2v) is 9.50. The summed E-state index contributed by atoms with van der Waals surface area (Å²) in [6.07, 6.45) is 2.16. The van der Waals surface area contributed by atoms with E-state index in [-0.39, 0.29) is 16.9 Å². The SMILES string of the molecule is COC(=O)c1c(-c2cc(OC)c(OC)c(OC)c2)c2ccc(Cc3ccccn3)cc2c(=O)n1-c1cccc(C(=O)O)c1. The fourth-order valence-electron chi connectivity index (χ4n) is 5.10. The Morgan fingerprint density at radius 2 is 1.58 bits per heavy atom. The van der Waals surface area contributed by atoms with Crippen LogP contribution >= 0.6 is 0 Å². The standard InChI is InChI=1S/C33H28N2O8/c1-40-26-17-21(18-27(41-2)30(26)42-3)28-24-12-11-19(14-22-9-5-6-13-34-22)15-25(24)31(36)35(29(28)33(39)43-4)23-10-7-8-20(16-23)32(37)38/h5-13,15-18H,14H2,1-4H3,(H,37,38). The first-order valence-electron chi connectivity index (χ1n) is 13.1. The topological polar surface area (TPSA) is 126 Å². The van der Waals surface area contributed by atoms with E-state index < -0.39 is 17.5 Å². The van der Waals surface area contributed by atoms with E-state index in [1.807, 2.05) is 24.3 Å². The molecule has 0 fully saturated rings. The van der Waals surface area contributed by atoms with Crippen molar-refractivity contribution < 1.29 is 33.6 Å². The van der Waals surface area contributed by atoms with E-state index in [9.17, 15) is 19.5 Å². The smallest absolute Gasteiger partial charge is 0.355 e. The van der Waals surface area contributed by atoms with Crippen molar-refractivity contribution in [3.05, 3.63) is 112 Å². The van der Waals surface area contributed by atoms with Crippen LogP contribution in [0, 0.1) is 0 Å². The molecule has 0 unspecified atom stereocenters. The molecule has 10 heteroatoms. The predicted molar refractivity (Wildman–Crippen MR) is 160 cm³/mol. The van der Waals surface area contributed by atoms with Gasteiger partial charge in [-0.3, -0.25) is 14.3 Å². The van der Waals surface area contributed by atoms with Crippen LogP contribution in [-0.4, -0.2) is 55.0 Å². The average molecular weight is 581 g/mol. The molecule has 0 saturated carbocycles. The van der Waals surface area contributed by atoms with Crippen molar-refractivity contribution in [1.29, 1.82) is 0 Å². The predicted octanol–water partition coefficient (Wildman–Crippen LogP) is 5.15. The number of rotatable bonds is 9. The lowest BCUT2D eigenvalue weighted by molar-refractivity contribution is 0.0591. The Labute approximate surface area is 246 Å². The van der Waals surface area contributed by atoms with E-state index in [0.717, 1.165) is 11.3 Å². The van der Waals surface area contributed by atoms with Gasteiger partial charge in [0.2, 0.25) is 5.75 Å². The molecule has 0 amide bonds. The number of aromatic nitrogens is 2. The first kappa shape index (κ1) is 28.9. The first-order valence-corrected chi connectivity index (χ1v) is 13.1. The molecule has 5 aromatic rings. The van der Waals surface area contributed by atoms with Crippen LogP contribution in [-0.2, 0) is 11.2 Å². The molecule has 5 rings (SSSR count). The molecule has 0 aliphatic carbocycles. The number of esters is 1. The van der Waals surface area contributed by atoms with Crippen molar-refractivity contribution in [2.75, 3.05) is 28.4 Å². The summed E-state index contributed by atoms with van der Waals surface area (Å²) in [5.74, 6) is -0.979. The van der Waals surface area contributed by atoms with Crippen molar-refractivity contribution >= 4 is 22.7 Å². The molecular weight excluding hydrogens is 552 g/mol. The third kappa shape index (κ3) is 5.38. The van der Waals surface area contributed by atoms with E-state index in [1.54, 1.807) is 36.5 Å². The lowest BCUT2D eigenvalue weighted by atomic mass is 9.94. The summed E-state index contributed by atoms with van der Waals surface area (Å²) in [4.78, 5) is 44.1. The summed E-state index contributed by atoms with van der Waals surface area (Å²) in [6.45, 7) is 0. The second-order valence-electron chi connectivity index (χ2n) is 9.50. The average Bonchev–Trinajstić information content (AvgIpc) is 3.04. The van der Waals surface area contributed by atoms with E-state index >= 15 is 0 Å². The summed E-state index contributed by atoms with van der Waals surface area (Å²) < 4.78 is 23.0. The normalized spacial score (nSPS) is 10.8. The number of nitrogens with zero attached hydrogens (tertiary/aromatic N) is 2. The monoisotopic (exact) mass is 580 g/mol. The molecule has 0 radical (unpaired) electrons. The van der Waals surface area contributed by atoms with Gasteiger partial charge >= 0.3 is 11.9 Å². The van der Waals surface area contributed by atoms with Crippen LogP contribution < -0.4 is 19.8 Å². The molecular formula is C33H28N2O8. The summed E-state index contributed by atoms with van der Waals surface area (Å²) in [6, 6.07) is 20.2. The van der Waals surface area contributed by atoms with E-state index in [4.69, 9.17) is 18.9 Å². The molecule has 0 spiro atoms. The third-order valence-corrected chi connectivity index (χ3v) is 7.04. The minimum absolute atomic E-state index is 0.0569. The number of hydrogen-bond acceptors (Lipinski definition) is 8. The van der Waals surface area contributed by atoms with Crippen LogP contribution in [0.5, 0.6) is 17.2 Å². The number of hydrogen-bond donors (Lipinski definition) is 1. The van der Waals surface area contributed by atoms with Gasteiger partial charge in [-0.25, -0.2) is 9.59 Å². The molecule has 3 aromatic carbocycles. The molecule has 0 aliphatic heterocycles. The highest BCUT2D eigenvalue weighted by atomic mass is 16.5. The number of carbonyl (C=O) groups excluding carboxylic acids is 1. The van der Waals surface area contributed by atoms with E-state index in [0.29, 0.717) is 45.6 Å². The summed E-state index contributed by atoms with van der Waals surface area (Å²) >= 11 is 0. The Bertz CT molecular complexity index is 1890. The van der Waals surface area contributed by atoms with Crippen molar-refractivity contribution in [1.82, 2.24) is 9.55 Å². The van der Waals surface area contributed by atoms with E-state index in [2.05, 4.69) is 4.98 Å². The Kier molecular flexibility index (Phi) is 8.11. The van der Waals surface area contributed by atoms with Crippen LogP contribution in [0.15, 0.2) is 83.8 Å². The van der Waals surface area contributed by atoms with Gasteiger partial charge < -0.3 is 24.1 Å². The molecule has 0 atom stereocenters. The molecule has 2 aromatic heterocycles. The molecule has 0 aliphatic rings. The zero-order valence-electron chi connectivity index (χ0n) is 23.9. The number of benzene rings is 3. The number of pyridine rings is 2. The second kappa shape index (κ2) is 12.1. The fraction of sp³-hybridized carbons (Fsp3) is 0.152. The molecule has 43 heavy (non-hydrogen) atoms. The van der Waals surface area contributed by atoms with Gasteiger partial charge in [0.25, 0.3) is 5.56 Å². The highest BCUT2D eigenvalue weighted by Gasteiger charge is 2.27. The van der Waals surface area contributed by atoms with Crippen LogP contribution in [0.1, 0.15) is 32.1 Å². The van der Waals surface area contributed by atoms with E-state index in [1.165, 1.54) is 51.2 Å². The van der Waals surface area contributed by atoms with Crippen LogP contribution in [0.3, 0.4) is 0 Å². The Balaban J connectivity index is 1.93. The molecule has 218 valence electrons. The molecule has 0 saturated heterocycles. The number of methoxy groups -OCH3 is 4. The van der Waals surface area contributed by atoms with Gasteiger partial charge in [0.15, 0.2) is 11.5 Å². The number of carboxylic acids is 1. The molecule has 1 N–H and O–H groups in total. The van der Waals surface area contributed by atoms with Gasteiger partial charge in [-0.1, -0.05) is 24.3 Å². The summed E-state index contributed by atoms with van der Waals surface area (Å²) in [5.41, 5.74) is 1.94. The Morgan fingerprint density at radius 1 is 0.837 bits per heavy atom. The van der Waals surface area contributed by atoms with Crippen molar-refractivity contribution in [2.24, 2.45) is 0 Å². The zero-order valence-corrected chi connectivity index (χ0v) is 23.9. The number of ether oxygens (including phenoxy) is 4. The highest BCUT2D eigenvalue weighted by molar-refractivity contribution is 6.07. The summed E-state index contributed by atoms with van der Waals surface area (Å²) in [5, 5.41) is 10.4. The maximum Gasteiger partial charge on any atom is 0.355 e. The zero-order chi connectivity index (χ0) is 30.7. The quantitative estimate of drug-likeness (QED) is 0.236. The van der Waals surface area contributed by atoms with Gasteiger partial charge in [0.1, 0.15) is 5.69 Å².